The van der Waals surface area contributed by atoms with Crippen LogP contribution in [0, 0.1) is 11.6 Å². The van der Waals surface area contributed by atoms with E-state index in [4.69, 9.17) is 0 Å². The second kappa shape index (κ2) is 8.28. The van der Waals surface area contributed by atoms with E-state index in [1.807, 2.05) is 17.5 Å². The minimum absolute atomic E-state index is 0.0663. The Kier molecular flexibility index (Phi) is 5.84. The van der Waals surface area contributed by atoms with Crippen molar-refractivity contribution >= 4 is 46.1 Å². The molecule has 26 heavy (non-hydrogen) atoms. The Balaban J connectivity index is 1.44. The topological polar surface area (TPSA) is 86.9 Å². The lowest BCUT2D eigenvalue weighted by Gasteiger charge is -2.05. The van der Waals surface area contributed by atoms with Gasteiger partial charge in [-0.1, -0.05) is 17.8 Å². The number of imide groups is 1. The van der Waals surface area contributed by atoms with Crippen LogP contribution < -0.4 is 10.6 Å². The molecule has 0 aliphatic rings. The average molecular weight is 396 g/mol. The summed E-state index contributed by atoms with van der Waals surface area (Å²) < 4.78 is 26.3. The minimum atomic E-state index is -0.988. The van der Waals surface area contributed by atoms with Crippen molar-refractivity contribution in [3.8, 4) is 0 Å². The normalized spacial score (nSPS) is 10.8. The Morgan fingerprint density at radius 1 is 1.27 bits per heavy atom. The maximum absolute atomic E-state index is 13.2. The van der Waals surface area contributed by atoms with Crippen LogP contribution in [0.5, 0.6) is 0 Å². The number of urea groups is 1. The van der Waals surface area contributed by atoms with Crippen LogP contribution in [0.2, 0.25) is 0 Å². The lowest BCUT2D eigenvalue weighted by Crippen LogP contribution is -2.41. The predicted octanol–water partition coefficient (Wildman–Crippen LogP) is 3.06. The fourth-order valence-corrected chi connectivity index (χ4v) is 3.54. The van der Waals surface area contributed by atoms with Crippen LogP contribution in [-0.2, 0) is 11.2 Å². The van der Waals surface area contributed by atoms with Gasteiger partial charge in [0.1, 0.15) is 0 Å². The lowest BCUT2D eigenvalue weighted by molar-refractivity contribution is -0.117. The van der Waals surface area contributed by atoms with Gasteiger partial charge in [0.2, 0.25) is 5.91 Å². The molecular formula is C16H14F2N4O2S2. The molecule has 2 heterocycles. The second-order valence-corrected chi connectivity index (χ2v) is 7.24. The fraction of sp³-hybridized carbons (Fsp3) is 0.188. The van der Waals surface area contributed by atoms with Gasteiger partial charge in [0.25, 0.3) is 0 Å². The van der Waals surface area contributed by atoms with E-state index >= 15 is 0 Å². The van der Waals surface area contributed by atoms with Crippen molar-refractivity contribution in [2.24, 2.45) is 0 Å². The summed E-state index contributed by atoms with van der Waals surface area (Å²) in [6.45, 7) is 0.424. The molecule has 0 aliphatic heterocycles. The Hall–Kier alpha value is -2.46. The number of nitrogens with zero attached hydrogens (tertiary/aromatic N) is 1. The summed E-state index contributed by atoms with van der Waals surface area (Å²) in [4.78, 5) is 31.4. The van der Waals surface area contributed by atoms with Crippen LogP contribution >= 0.6 is 23.1 Å². The van der Waals surface area contributed by atoms with Crippen molar-refractivity contribution in [2.45, 2.75) is 11.6 Å². The van der Waals surface area contributed by atoms with E-state index in [0.717, 1.165) is 28.8 Å². The number of halogens is 2. The summed E-state index contributed by atoms with van der Waals surface area (Å²) >= 11 is 2.63. The Morgan fingerprint density at radius 3 is 2.85 bits per heavy atom. The molecule has 0 fully saturated rings. The monoisotopic (exact) mass is 396 g/mol. The number of aromatic nitrogens is 2. The number of H-pyrrole nitrogens is 1. The number of rotatable bonds is 6. The number of thioether (sulfide) groups is 1. The van der Waals surface area contributed by atoms with E-state index < -0.39 is 23.6 Å². The minimum Gasteiger partial charge on any atom is -0.337 e. The molecule has 0 aliphatic carbocycles. The summed E-state index contributed by atoms with van der Waals surface area (Å²) in [5.74, 6) is -2.53. The van der Waals surface area contributed by atoms with Crippen molar-refractivity contribution in [3.63, 3.8) is 0 Å². The van der Waals surface area contributed by atoms with E-state index in [0.29, 0.717) is 23.6 Å². The number of imidazole rings is 1. The van der Waals surface area contributed by atoms with Crippen molar-refractivity contribution < 1.29 is 18.4 Å². The molecule has 1 aromatic carbocycles. The van der Waals surface area contributed by atoms with Gasteiger partial charge in [-0.15, -0.1) is 11.3 Å². The highest BCUT2D eigenvalue weighted by Crippen LogP contribution is 2.21. The summed E-state index contributed by atoms with van der Waals surface area (Å²) in [6.07, 6.45) is 0.695. The van der Waals surface area contributed by atoms with Crippen LogP contribution in [0.15, 0.2) is 34.8 Å². The zero-order valence-electron chi connectivity index (χ0n) is 13.3. The van der Waals surface area contributed by atoms with E-state index in [1.54, 1.807) is 11.3 Å². The van der Waals surface area contributed by atoms with Crippen LogP contribution in [0.4, 0.5) is 13.6 Å². The molecule has 0 radical (unpaired) electrons. The summed E-state index contributed by atoms with van der Waals surface area (Å²) in [6, 6.07) is 5.31. The first-order chi connectivity index (χ1) is 12.5. The van der Waals surface area contributed by atoms with E-state index in [9.17, 15) is 18.4 Å². The smallest absolute Gasteiger partial charge is 0.321 e. The molecule has 10 heteroatoms. The number of carbonyl (C=O) groups excluding carboxylic acids is 2. The van der Waals surface area contributed by atoms with E-state index in [2.05, 4.69) is 20.6 Å². The molecule has 3 amide bonds. The van der Waals surface area contributed by atoms with Crippen LogP contribution in [0.1, 0.15) is 4.88 Å². The molecule has 3 aromatic rings. The highest BCUT2D eigenvalue weighted by molar-refractivity contribution is 7.99. The molecule has 2 aromatic heterocycles. The van der Waals surface area contributed by atoms with Gasteiger partial charge in [0.05, 0.1) is 16.8 Å². The molecule has 3 rings (SSSR count). The van der Waals surface area contributed by atoms with Gasteiger partial charge in [0, 0.05) is 23.6 Å². The largest absolute Gasteiger partial charge is 0.337 e. The first kappa shape index (κ1) is 18.3. The third-order valence-corrected chi connectivity index (χ3v) is 5.14. The molecule has 0 unspecified atom stereocenters. The number of carbonyl (C=O) groups is 2. The number of amides is 3. The van der Waals surface area contributed by atoms with Gasteiger partial charge in [-0.05, 0) is 17.9 Å². The SMILES string of the molecule is O=C(CSc1nc2cc(F)c(F)cc2[nH]1)NC(=O)NCCc1cccs1. The first-order valence-electron chi connectivity index (χ1n) is 7.59. The van der Waals surface area contributed by atoms with Gasteiger partial charge in [0.15, 0.2) is 16.8 Å². The van der Waals surface area contributed by atoms with Crippen molar-refractivity contribution in [2.75, 3.05) is 12.3 Å². The van der Waals surface area contributed by atoms with Crippen molar-refractivity contribution in [1.82, 2.24) is 20.6 Å². The fourth-order valence-electron chi connectivity index (χ4n) is 2.14. The lowest BCUT2D eigenvalue weighted by atomic mass is 10.3. The number of nitrogens with one attached hydrogen (secondary N) is 3. The number of hydrogen-bond acceptors (Lipinski definition) is 5. The van der Waals surface area contributed by atoms with Crippen LogP contribution in [0.3, 0.4) is 0 Å². The quantitative estimate of drug-likeness (QED) is 0.559. The molecule has 0 atom stereocenters. The van der Waals surface area contributed by atoms with Gasteiger partial charge in [-0.25, -0.2) is 18.6 Å². The number of benzene rings is 1. The highest BCUT2D eigenvalue weighted by Gasteiger charge is 2.12. The third-order valence-electron chi connectivity index (χ3n) is 3.33. The molecule has 6 nitrogen and oxygen atoms in total. The summed E-state index contributed by atoms with van der Waals surface area (Å²) in [5.41, 5.74) is 0.594. The van der Waals surface area contributed by atoms with Crippen molar-refractivity contribution in [3.05, 3.63) is 46.2 Å². The van der Waals surface area contributed by atoms with Gasteiger partial charge in [-0.3, -0.25) is 10.1 Å². The van der Waals surface area contributed by atoms with Gasteiger partial charge >= 0.3 is 6.03 Å². The number of hydrogen-bond donors (Lipinski definition) is 3. The molecule has 136 valence electrons. The number of fused-ring (bicyclic) bond motifs is 1. The number of aromatic amines is 1. The maximum atomic E-state index is 13.2. The molecule has 0 bridgehead atoms. The summed E-state index contributed by atoms with van der Waals surface area (Å²) in [7, 11) is 0. The Morgan fingerprint density at radius 2 is 2.08 bits per heavy atom. The average Bonchev–Trinajstić information content (AvgIpc) is 3.23. The Bertz CT molecular complexity index is 889. The van der Waals surface area contributed by atoms with Crippen LogP contribution in [0.25, 0.3) is 11.0 Å². The molecule has 0 saturated carbocycles. The maximum Gasteiger partial charge on any atom is 0.321 e. The zero-order chi connectivity index (χ0) is 18.5. The standard InChI is InChI=1S/C16H14F2N4O2S2/c17-10-6-12-13(7-11(10)18)21-16(20-12)26-8-14(23)22-15(24)19-4-3-9-2-1-5-25-9/h1-2,5-7H,3-4,8H2,(H,20,21)(H2,19,22,23,24). The molecule has 3 N–H and O–H groups in total. The second-order valence-electron chi connectivity index (χ2n) is 5.25. The van der Waals surface area contributed by atoms with E-state index in [-0.39, 0.29) is 11.3 Å². The van der Waals surface area contributed by atoms with E-state index in [1.165, 1.54) is 0 Å². The first-order valence-corrected chi connectivity index (χ1v) is 9.45. The van der Waals surface area contributed by atoms with Crippen LogP contribution in [-0.4, -0.2) is 34.2 Å². The number of thiophene rings is 1. The van der Waals surface area contributed by atoms with Crippen molar-refractivity contribution in [1.29, 1.82) is 0 Å². The molecule has 0 saturated heterocycles. The summed E-state index contributed by atoms with van der Waals surface area (Å²) in [5, 5.41) is 7.10. The highest BCUT2D eigenvalue weighted by atomic mass is 32.2. The zero-order valence-corrected chi connectivity index (χ0v) is 15.0. The molecule has 0 spiro atoms. The third kappa shape index (κ3) is 4.79. The van der Waals surface area contributed by atoms with Gasteiger partial charge in [-0.2, -0.15) is 0 Å². The Labute approximate surface area is 155 Å². The van der Waals surface area contributed by atoms with Gasteiger partial charge < -0.3 is 10.3 Å². The molecular weight excluding hydrogens is 382 g/mol. The predicted molar refractivity (Wildman–Crippen MR) is 96.3 cm³/mol.